The van der Waals surface area contributed by atoms with Gasteiger partial charge in [-0.3, -0.25) is 4.79 Å². The molecule has 2 N–H and O–H groups in total. The molecule has 1 aromatic carbocycles. The smallest absolute Gasteiger partial charge is 0.317 e. The normalized spacial score (nSPS) is 21.4. The number of carboxylic acid groups (broad SMARTS) is 1. The summed E-state index contributed by atoms with van der Waals surface area (Å²) in [6.45, 7) is 4.84. The van der Waals surface area contributed by atoms with Gasteiger partial charge < -0.3 is 15.3 Å². The van der Waals surface area contributed by atoms with Gasteiger partial charge in [0.05, 0.1) is 5.41 Å². The minimum atomic E-state index is -0.847. The highest BCUT2D eigenvalue weighted by molar-refractivity contribution is 9.10. The molecule has 1 aliphatic heterocycles. The largest absolute Gasteiger partial charge is 0.481 e. The summed E-state index contributed by atoms with van der Waals surface area (Å²) in [6.07, 6.45) is 0.492. The maximum atomic E-state index is 12.1. The summed E-state index contributed by atoms with van der Waals surface area (Å²) in [4.78, 5) is 24.9. The Labute approximate surface area is 132 Å². The van der Waals surface area contributed by atoms with Crippen molar-refractivity contribution in [3.8, 4) is 0 Å². The highest BCUT2D eigenvalue weighted by atomic mass is 79.9. The van der Waals surface area contributed by atoms with Gasteiger partial charge in [0.25, 0.3) is 0 Å². The Morgan fingerprint density at radius 1 is 1.48 bits per heavy atom. The number of aliphatic carboxylic acids is 1. The maximum absolute atomic E-state index is 12.1. The zero-order valence-electron chi connectivity index (χ0n) is 12.1. The fourth-order valence-corrected chi connectivity index (χ4v) is 2.83. The first kappa shape index (κ1) is 15.8. The Bertz CT molecular complexity index is 576. The van der Waals surface area contributed by atoms with E-state index in [0.29, 0.717) is 19.5 Å². The van der Waals surface area contributed by atoms with E-state index < -0.39 is 11.4 Å². The number of urea groups is 1. The Kier molecular flexibility index (Phi) is 4.56. The zero-order valence-corrected chi connectivity index (χ0v) is 13.7. The Morgan fingerprint density at radius 3 is 2.81 bits per heavy atom. The van der Waals surface area contributed by atoms with Crippen LogP contribution in [0.5, 0.6) is 0 Å². The molecule has 0 spiro atoms. The van der Waals surface area contributed by atoms with Crippen molar-refractivity contribution in [3.63, 3.8) is 0 Å². The second-order valence-electron chi connectivity index (χ2n) is 5.77. The molecule has 1 atom stereocenters. The number of hydrogen-bond acceptors (Lipinski definition) is 2. The van der Waals surface area contributed by atoms with Crippen LogP contribution in [-0.2, 0) is 11.3 Å². The lowest BCUT2D eigenvalue weighted by molar-refractivity contribution is -0.146. The second-order valence-corrected chi connectivity index (χ2v) is 6.68. The summed E-state index contributed by atoms with van der Waals surface area (Å²) in [6, 6.07) is 5.71. The van der Waals surface area contributed by atoms with Crippen LogP contribution in [0, 0.1) is 12.3 Å². The molecule has 6 heteroatoms. The van der Waals surface area contributed by atoms with Gasteiger partial charge in [0, 0.05) is 24.1 Å². The fourth-order valence-electron chi connectivity index (χ4n) is 2.42. The molecule has 1 aliphatic rings. The number of nitrogens with one attached hydrogen (secondary N) is 1. The zero-order chi connectivity index (χ0) is 15.6. The molecule has 114 valence electrons. The first-order chi connectivity index (χ1) is 9.82. The molecule has 1 saturated heterocycles. The number of carboxylic acids is 1. The highest BCUT2D eigenvalue weighted by Crippen LogP contribution is 2.30. The molecule has 0 aliphatic carbocycles. The lowest BCUT2D eigenvalue weighted by Gasteiger charge is -2.20. The van der Waals surface area contributed by atoms with E-state index in [0.717, 1.165) is 15.6 Å². The number of aryl methyl sites for hydroxylation is 1. The maximum Gasteiger partial charge on any atom is 0.317 e. The van der Waals surface area contributed by atoms with E-state index in [1.54, 1.807) is 11.8 Å². The molecule has 1 unspecified atom stereocenters. The Hall–Kier alpha value is -1.56. The molecule has 0 saturated carbocycles. The number of likely N-dealkylation sites (tertiary alicyclic amines) is 1. The van der Waals surface area contributed by atoms with E-state index in [1.165, 1.54) is 0 Å². The van der Waals surface area contributed by atoms with Crippen molar-refractivity contribution < 1.29 is 14.7 Å². The third kappa shape index (κ3) is 3.56. The molecular formula is C15H19BrN2O3. The molecule has 0 radical (unpaired) electrons. The van der Waals surface area contributed by atoms with Gasteiger partial charge in [0.15, 0.2) is 0 Å². The van der Waals surface area contributed by atoms with E-state index in [4.69, 9.17) is 0 Å². The van der Waals surface area contributed by atoms with Crippen LogP contribution < -0.4 is 5.32 Å². The molecule has 1 heterocycles. The predicted octanol–water partition coefficient (Wildman–Crippen LogP) is 2.76. The van der Waals surface area contributed by atoms with Crippen molar-refractivity contribution in [3.05, 3.63) is 33.8 Å². The number of halogens is 1. The quantitative estimate of drug-likeness (QED) is 0.876. The van der Waals surface area contributed by atoms with Crippen LogP contribution in [0.3, 0.4) is 0 Å². The van der Waals surface area contributed by atoms with Crippen LogP contribution in [-0.4, -0.2) is 35.1 Å². The number of hydrogen-bond donors (Lipinski definition) is 2. The minimum Gasteiger partial charge on any atom is -0.481 e. The van der Waals surface area contributed by atoms with Gasteiger partial charge in [0.1, 0.15) is 0 Å². The van der Waals surface area contributed by atoms with E-state index >= 15 is 0 Å². The van der Waals surface area contributed by atoms with E-state index in [9.17, 15) is 14.7 Å². The number of benzene rings is 1. The molecule has 0 bridgehead atoms. The Balaban J connectivity index is 1.94. The van der Waals surface area contributed by atoms with Crippen LogP contribution in [0.25, 0.3) is 0 Å². The average Bonchev–Trinajstić information content (AvgIpc) is 2.84. The first-order valence-electron chi connectivity index (χ1n) is 6.83. The van der Waals surface area contributed by atoms with Crippen molar-refractivity contribution in [1.82, 2.24) is 10.2 Å². The van der Waals surface area contributed by atoms with Gasteiger partial charge in [-0.2, -0.15) is 0 Å². The van der Waals surface area contributed by atoms with Gasteiger partial charge in [-0.15, -0.1) is 0 Å². The van der Waals surface area contributed by atoms with Gasteiger partial charge >= 0.3 is 12.0 Å². The van der Waals surface area contributed by atoms with Gasteiger partial charge in [-0.1, -0.05) is 22.0 Å². The van der Waals surface area contributed by atoms with Crippen LogP contribution in [0.15, 0.2) is 22.7 Å². The second kappa shape index (κ2) is 6.05. The number of amides is 2. The van der Waals surface area contributed by atoms with E-state index in [1.807, 2.05) is 25.1 Å². The van der Waals surface area contributed by atoms with Crippen molar-refractivity contribution in [1.29, 1.82) is 0 Å². The topological polar surface area (TPSA) is 69.6 Å². The molecule has 2 amide bonds. The summed E-state index contributed by atoms with van der Waals surface area (Å²) < 4.78 is 0.969. The number of rotatable bonds is 3. The number of carbonyl (C=O) groups excluding carboxylic acids is 1. The number of carbonyl (C=O) groups is 2. The average molecular weight is 355 g/mol. The first-order valence-corrected chi connectivity index (χ1v) is 7.62. The number of nitrogens with zero attached hydrogens (tertiary/aromatic N) is 1. The molecule has 0 aromatic heterocycles. The van der Waals surface area contributed by atoms with E-state index in [-0.39, 0.29) is 12.6 Å². The monoisotopic (exact) mass is 354 g/mol. The van der Waals surface area contributed by atoms with Gasteiger partial charge in [0.2, 0.25) is 0 Å². The molecular weight excluding hydrogens is 336 g/mol. The summed E-state index contributed by atoms with van der Waals surface area (Å²) in [5.74, 6) is -0.847. The lowest BCUT2D eigenvalue weighted by Crippen LogP contribution is -2.40. The molecule has 2 rings (SSSR count). The summed E-state index contributed by atoms with van der Waals surface area (Å²) in [5.41, 5.74) is 1.32. The van der Waals surface area contributed by atoms with Crippen molar-refractivity contribution in [2.45, 2.75) is 26.8 Å². The van der Waals surface area contributed by atoms with Crippen molar-refractivity contribution in [2.24, 2.45) is 5.41 Å². The third-order valence-corrected chi connectivity index (χ3v) is 4.51. The van der Waals surface area contributed by atoms with Crippen LogP contribution in [0.1, 0.15) is 24.5 Å². The molecule has 21 heavy (non-hydrogen) atoms. The predicted molar refractivity (Wildman–Crippen MR) is 83.0 cm³/mol. The van der Waals surface area contributed by atoms with Gasteiger partial charge in [-0.25, -0.2) is 4.79 Å². The molecule has 5 nitrogen and oxygen atoms in total. The SMILES string of the molecule is Cc1ccc(Br)cc1CNC(=O)N1CCC(C)(C(=O)O)C1. The van der Waals surface area contributed by atoms with Crippen LogP contribution >= 0.6 is 15.9 Å². The summed E-state index contributed by atoms with van der Waals surface area (Å²) in [7, 11) is 0. The molecule has 1 aromatic rings. The van der Waals surface area contributed by atoms with Crippen LogP contribution in [0.2, 0.25) is 0 Å². The summed E-state index contributed by atoms with van der Waals surface area (Å²) >= 11 is 3.41. The molecule has 1 fully saturated rings. The van der Waals surface area contributed by atoms with Crippen molar-refractivity contribution in [2.75, 3.05) is 13.1 Å². The Morgan fingerprint density at radius 2 is 2.19 bits per heavy atom. The van der Waals surface area contributed by atoms with Crippen LogP contribution in [0.4, 0.5) is 4.79 Å². The third-order valence-electron chi connectivity index (χ3n) is 4.02. The van der Waals surface area contributed by atoms with Crippen molar-refractivity contribution >= 4 is 27.9 Å². The standard InChI is InChI=1S/C15H19BrN2O3/c1-10-3-4-12(16)7-11(10)8-17-14(21)18-6-5-15(2,9-18)13(19)20/h3-4,7H,5-6,8-9H2,1-2H3,(H,17,21)(H,19,20). The summed E-state index contributed by atoms with van der Waals surface area (Å²) in [5, 5.41) is 12.0. The fraction of sp³-hybridized carbons (Fsp3) is 0.467. The lowest BCUT2D eigenvalue weighted by atomic mass is 9.90. The highest BCUT2D eigenvalue weighted by Gasteiger charge is 2.42. The van der Waals surface area contributed by atoms with E-state index in [2.05, 4.69) is 21.2 Å². The minimum absolute atomic E-state index is 0.209. The van der Waals surface area contributed by atoms with Gasteiger partial charge in [-0.05, 0) is 43.5 Å².